The van der Waals surface area contributed by atoms with Crippen molar-refractivity contribution in [2.24, 2.45) is 5.92 Å². The predicted molar refractivity (Wildman–Crippen MR) is 152 cm³/mol. The van der Waals surface area contributed by atoms with Crippen molar-refractivity contribution in [3.8, 4) is 11.5 Å². The van der Waals surface area contributed by atoms with Crippen molar-refractivity contribution in [2.45, 2.75) is 38.7 Å². The van der Waals surface area contributed by atoms with E-state index in [1.807, 2.05) is 67.7 Å². The number of aromatic nitrogens is 1. The Morgan fingerprint density at radius 3 is 2.72 bits per heavy atom. The molecule has 3 aromatic rings. The lowest BCUT2D eigenvalue weighted by Crippen LogP contribution is -2.43. The molecule has 39 heavy (non-hydrogen) atoms. The molecule has 200 valence electrons. The lowest BCUT2D eigenvalue weighted by atomic mass is 9.71. The number of aryl methyl sites for hydroxylation is 1. The minimum atomic E-state index is -0.703. The van der Waals surface area contributed by atoms with Gasteiger partial charge in [-0.1, -0.05) is 24.8 Å². The van der Waals surface area contributed by atoms with E-state index in [4.69, 9.17) is 9.47 Å². The molecule has 1 amide bonds. The molecule has 7 nitrogen and oxygen atoms in total. The largest absolute Gasteiger partial charge is 0.496 e. The van der Waals surface area contributed by atoms with Crippen LogP contribution in [0.1, 0.15) is 41.9 Å². The summed E-state index contributed by atoms with van der Waals surface area (Å²) in [6, 6.07) is 17.2. The van der Waals surface area contributed by atoms with Gasteiger partial charge in [0.1, 0.15) is 24.0 Å². The van der Waals surface area contributed by atoms with E-state index in [0.29, 0.717) is 35.0 Å². The van der Waals surface area contributed by atoms with E-state index in [1.165, 1.54) is 0 Å². The summed E-state index contributed by atoms with van der Waals surface area (Å²) < 4.78 is 12.6. The highest BCUT2D eigenvalue weighted by atomic mass is 79.9. The zero-order valence-corrected chi connectivity index (χ0v) is 23.6. The van der Waals surface area contributed by atoms with Crippen LogP contribution in [0, 0.1) is 12.8 Å². The molecule has 0 fully saturated rings. The highest BCUT2D eigenvalue weighted by Crippen LogP contribution is 2.45. The number of hydrogen-bond acceptors (Lipinski definition) is 5. The average molecular weight is 590 g/mol. The van der Waals surface area contributed by atoms with Crippen molar-refractivity contribution in [1.29, 1.82) is 0 Å². The highest BCUT2D eigenvalue weighted by molar-refractivity contribution is 9.10. The van der Waals surface area contributed by atoms with Crippen molar-refractivity contribution in [3.63, 3.8) is 0 Å². The first-order chi connectivity index (χ1) is 18.9. The molecule has 0 bridgehead atoms. The number of halogens is 1. The summed E-state index contributed by atoms with van der Waals surface area (Å²) in [5.41, 5.74) is 4.78. The number of ketones is 1. The van der Waals surface area contributed by atoms with Gasteiger partial charge in [-0.2, -0.15) is 0 Å². The van der Waals surface area contributed by atoms with Gasteiger partial charge < -0.3 is 14.8 Å². The van der Waals surface area contributed by atoms with Crippen molar-refractivity contribution in [3.05, 3.63) is 106 Å². The number of anilines is 1. The number of H-pyrrole nitrogens is 1. The maximum Gasteiger partial charge on any atom is 0.317 e. The Morgan fingerprint density at radius 2 is 1.97 bits per heavy atom. The molecule has 2 aliphatic rings. The quantitative estimate of drug-likeness (QED) is 0.374. The maximum atomic E-state index is 13.8. The summed E-state index contributed by atoms with van der Waals surface area (Å²) >= 11 is 3.53. The summed E-state index contributed by atoms with van der Waals surface area (Å²) in [4.78, 5) is 30.2. The van der Waals surface area contributed by atoms with Crippen LogP contribution in [0.5, 0.6) is 11.5 Å². The zero-order chi connectivity index (χ0) is 27.5. The first-order valence-corrected chi connectivity index (χ1v) is 13.7. The van der Waals surface area contributed by atoms with Gasteiger partial charge in [0.25, 0.3) is 5.82 Å². The first-order valence-electron chi connectivity index (χ1n) is 12.9. The summed E-state index contributed by atoms with van der Waals surface area (Å²) in [5.74, 6) is 0.555. The molecule has 0 radical (unpaired) electrons. The number of para-hydroxylation sites is 1. The smallest absolute Gasteiger partial charge is 0.317 e. The molecular formula is C31H31BrN3O4+. The van der Waals surface area contributed by atoms with Crippen LogP contribution in [-0.4, -0.2) is 18.8 Å². The van der Waals surface area contributed by atoms with E-state index in [1.54, 1.807) is 7.11 Å². The van der Waals surface area contributed by atoms with E-state index < -0.39 is 11.8 Å². The number of Topliss-reactive ketones (excluding diaryl/α,β-unsaturated/α-hetero) is 1. The van der Waals surface area contributed by atoms with E-state index in [2.05, 4.69) is 38.1 Å². The molecule has 0 saturated carbocycles. The maximum absolute atomic E-state index is 13.8. The van der Waals surface area contributed by atoms with E-state index in [-0.39, 0.29) is 18.3 Å². The number of nitrogens with one attached hydrogen (secondary N) is 3. The molecule has 8 heteroatoms. The van der Waals surface area contributed by atoms with Gasteiger partial charge in [-0.05, 0) is 77.2 Å². The Kier molecular flexibility index (Phi) is 7.84. The fraction of sp³-hybridized carbons (Fsp3) is 0.258. The molecular weight excluding hydrogens is 558 g/mol. The lowest BCUT2D eigenvalue weighted by molar-refractivity contribution is -0.361. The fourth-order valence-corrected chi connectivity index (χ4v) is 5.67. The van der Waals surface area contributed by atoms with Crippen LogP contribution in [0.2, 0.25) is 0 Å². The van der Waals surface area contributed by atoms with Gasteiger partial charge in [-0.15, -0.1) is 0 Å². The molecule has 2 aromatic carbocycles. The van der Waals surface area contributed by atoms with Crippen molar-refractivity contribution in [2.75, 3.05) is 12.4 Å². The van der Waals surface area contributed by atoms with Gasteiger partial charge in [0.2, 0.25) is 0 Å². The van der Waals surface area contributed by atoms with Crippen molar-refractivity contribution < 1.29 is 24.0 Å². The number of ether oxygens (including phenoxy) is 2. The van der Waals surface area contributed by atoms with Crippen LogP contribution in [-0.2, 0) is 16.2 Å². The number of pyridine rings is 1. The summed E-state index contributed by atoms with van der Waals surface area (Å²) in [6.45, 7) is 6.44. The van der Waals surface area contributed by atoms with Gasteiger partial charge in [-0.3, -0.25) is 4.79 Å². The molecule has 2 unspecified atom stereocenters. The van der Waals surface area contributed by atoms with Crippen LogP contribution < -0.4 is 25.1 Å². The summed E-state index contributed by atoms with van der Waals surface area (Å²) in [6.07, 6.45) is 3.79. The standard InChI is InChI=1S/C31H30BrN3O4/c1-18-11-14-27(33-16-18)35-31(37)28-19(2)34-23-8-6-9-24(36)30(23)29(28)20-12-13-25(38-3)21(15-20)17-39-26-10-5-4-7-22(26)32/h4-5,7,10-16,28-29,34H,2,6,8-9,17H2,1,3H3,(H,33,35,37)/p+1. The third kappa shape index (κ3) is 5.61. The van der Waals surface area contributed by atoms with Crippen molar-refractivity contribution >= 4 is 33.4 Å². The Hall–Kier alpha value is -3.91. The van der Waals surface area contributed by atoms with Crippen LogP contribution in [0.15, 0.2) is 88.8 Å². The van der Waals surface area contributed by atoms with E-state index in [0.717, 1.165) is 39.7 Å². The number of allylic oxidation sites excluding steroid dienone is 2. The Morgan fingerprint density at radius 1 is 1.15 bits per heavy atom. The number of carbonyl (C=O) groups is 2. The highest BCUT2D eigenvalue weighted by Gasteiger charge is 2.44. The topological polar surface area (TPSA) is 90.8 Å². The van der Waals surface area contributed by atoms with Crippen molar-refractivity contribution in [1.82, 2.24) is 5.32 Å². The van der Waals surface area contributed by atoms with E-state index >= 15 is 0 Å². The molecule has 3 N–H and O–H groups in total. The lowest BCUT2D eigenvalue weighted by Gasteiger charge is -2.37. The Labute approximate surface area is 236 Å². The molecule has 1 aromatic heterocycles. The molecule has 1 aliphatic carbocycles. The monoisotopic (exact) mass is 588 g/mol. The molecule has 2 heterocycles. The number of benzene rings is 2. The molecule has 5 rings (SSSR count). The predicted octanol–water partition coefficient (Wildman–Crippen LogP) is 5.62. The second kappa shape index (κ2) is 11.5. The number of rotatable bonds is 7. The Balaban J connectivity index is 1.54. The third-order valence-electron chi connectivity index (χ3n) is 7.18. The minimum absolute atomic E-state index is 0.0581. The van der Waals surface area contributed by atoms with Crippen LogP contribution in [0.3, 0.4) is 0 Å². The molecule has 1 aliphatic heterocycles. The van der Waals surface area contributed by atoms with Gasteiger partial charge in [0.05, 0.1) is 17.8 Å². The number of amides is 1. The summed E-state index contributed by atoms with van der Waals surface area (Å²) in [7, 11) is 1.61. The van der Waals surface area contributed by atoms with Gasteiger partial charge in [0, 0.05) is 40.9 Å². The number of aromatic amines is 1. The molecule has 2 atom stereocenters. The number of carbonyl (C=O) groups excluding carboxylic acids is 2. The van der Waals surface area contributed by atoms with E-state index in [9.17, 15) is 9.59 Å². The normalized spacial score (nSPS) is 18.7. The summed E-state index contributed by atoms with van der Waals surface area (Å²) in [5, 5.41) is 6.29. The fourth-order valence-electron chi connectivity index (χ4n) is 5.28. The first kappa shape index (κ1) is 26.7. The molecule has 0 saturated heterocycles. The number of hydrogen-bond donors (Lipinski definition) is 2. The van der Waals surface area contributed by atoms with Crippen LogP contribution in [0.25, 0.3) is 0 Å². The Bertz CT molecular complexity index is 1460. The average Bonchev–Trinajstić information content (AvgIpc) is 2.93. The van der Waals surface area contributed by atoms with Crippen LogP contribution >= 0.6 is 15.9 Å². The third-order valence-corrected chi connectivity index (χ3v) is 7.83. The molecule has 0 spiro atoms. The van der Waals surface area contributed by atoms with Gasteiger partial charge in [-0.25, -0.2) is 15.1 Å². The zero-order valence-electron chi connectivity index (χ0n) is 22.0. The minimum Gasteiger partial charge on any atom is -0.496 e. The van der Waals surface area contributed by atoms with Gasteiger partial charge >= 0.3 is 5.91 Å². The SMILES string of the molecule is C=C1NC2=C(C(=O)CCC2)C(c2ccc(OC)c(COc3ccccc3Br)c2)C1C(=O)Nc1ccc(C)c[nH+]1. The van der Waals surface area contributed by atoms with Gasteiger partial charge in [0.15, 0.2) is 5.78 Å². The second-order valence-corrected chi connectivity index (χ2v) is 10.7. The van der Waals surface area contributed by atoms with Crippen LogP contribution in [0.4, 0.5) is 5.82 Å². The number of methoxy groups -OCH3 is 1. The second-order valence-electron chi connectivity index (χ2n) is 9.83.